The molecule has 0 fully saturated rings. The highest BCUT2D eigenvalue weighted by Gasteiger charge is 2.26. The first kappa shape index (κ1) is 18.1. The largest absolute Gasteiger partial charge is 0.497 e. The SMILES string of the molecule is COc1cc(OC)cc(C2=N/C(=C\C3=Cc4cc(Cl)ccc4OC3)C(=O)O2)c1. The van der Waals surface area contributed by atoms with E-state index in [1.165, 1.54) is 0 Å². The van der Waals surface area contributed by atoms with Crippen LogP contribution in [0.2, 0.25) is 5.02 Å². The maximum atomic E-state index is 12.3. The fourth-order valence-electron chi connectivity index (χ4n) is 2.89. The van der Waals surface area contributed by atoms with Gasteiger partial charge in [-0.1, -0.05) is 11.6 Å². The van der Waals surface area contributed by atoms with Crippen LogP contribution in [-0.4, -0.2) is 32.7 Å². The Labute approximate surface area is 166 Å². The molecule has 0 bridgehead atoms. The lowest BCUT2D eigenvalue weighted by atomic mass is 10.1. The highest BCUT2D eigenvalue weighted by Crippen LogP contribution is 2.31. The maximum absolute atomic E-state index is 12.3. The minimum Gasteiger partial charge on any atom is -0.497 e. The summed E-state index contributed by atoms with van der Waals surface area (Å²) in [6.07, 6.45) is 3.56. The Hall–Kier alpha value is -3.25. The van der Waals surface area contributed by atoms with E-state index in [1.54, 1.807) is 50.6 Å². The number of esters is 1. The van der Waals surface area contributed by atoms with Crippen LogP contribution in [0.3, 0.4) is 0 Å². The van der Waals surface area contributed by atoms with E-state index < -0.39 is 5.97 Å². The van der Waals surface area contributed by atoms with E-state index in [-0.39, 0.29) is 11.6 Å². The highest BCUT2D eigenvalue weighted by molar-refractivity contribution is 6.30. The Bertz CT molecular complexity index is 1030. The number of halogens is 1. The number of ether oxygens (including phenoxy) is 4. The van der Waals surface area contributed by atoms with Gasteiger partial charge in [0.25, 0.3) is 0 Å². The van der Waals surface area contributed by atoms with E-state index in [9.17, 15) is 4.79 Å². The predicted molar refractivity (Wildman–Crippen MR) is 105 cm³/mol. The van der Waals surface area contributed by atoms with E-state index in [2.05, 4.69) is 4.99 Å². The van der Waals surface area contributed by atoms with E-state index in [4.69, 9.17) is 30.5 Å². The van der Waals surface area contributed by atoms with Crippen molar-refractivity contribution in [3.8, 4) is 17.2 Å². The first-order valence-corrected chi connectivity index (χ1v) is 8.82. The van der Waals surface area contributed by atoms with Gasteiger partial charge < -0.3 is 18.9 Å². The van der Waals surface area contributed by atoms with Gasteiger partial charge in [-0.25, -0.2) is 9.79 Å². The molecular weight excluding hydrogens is 382 g/mol. The number of hydrogen-bond donors (Lipinski definition) is 0. The zero-order chi connectivity index (χ0) is 19.7. The number of rotatable bonds is 4. The summed E-state index contributed by atoms with van der Waals surface area (Å²) in [7, 11) is 3.10. The van der Waals surface area contributed by atoms with Crippen LogP contribution >= 0.6 is 11.6 Å². The third kappa shape index (κ3) is 3.59. The predicted octanol–water partition coefficient (Wildman–Crippen LogP) is 4.02. The Morgan fingerprint density at radius 2 is 1.86 bits per heavy atom. The van der Waals surface area contributed by atoms with Crippen molar-refractivity contribution in [2.45, 2.75) is 0 Å². The number of methoxy groups -OCH3 is 2. The minimum absolute atomic E-state index is 0.189. The molecular formula is C21H16ClNO5. The molecule has 0 unspecified atom stereocenters. The number of carbonyl (C=O) groups is 1. The number of cyclic esters (lactones) is 1. The molecule has 28 heavy (non-hydrogen) atoms. The quantitative estimate of drug-likeness (QED) is 0.575. The summed E-state index contributed by atoms with van der Waals surface area (Å²) >= 11 is 6.04. The number of benzene rings is 2. The molecule has 0 spiro atoms. The molecule has 0 amide bonds. The summed E-state index contributed by atoms with van der Waals surface area (Å²) in [5.74, 6) is 1.54. The normalized spacial score (nSPS) is 16.7. The highest BCUT2D eigenvalue weighted by atomic mass is 35.5. The molecule has 0 saturated heterocycles. The molecule has 0 saturated carbocycles. The summed E-state index contributed by atoms with van der Waals surface area (Å²) < 4.78 is 21.5. The molecule has 0 aliphatic carbocycles. The van der Waals surface area contributed by atoms with Gasteiger partial charge in [-0.3, -0.25) is 0 Å². The van der Waals surface area contributed by atoms with Crippen LogP contribution in [0.1, 0.15) is 11.1 Å². The maximum Gasteiger partial charge on any atom is 0.363 e. The summed E-state index contributed by atoms with van der Waals surface area (Å²) in [4.78, 5) is 16.6. The third-order valence-corrected chi connectivity index (χ3v) is 4.48. The average molecular weight is 398 g/mol. The van der Waals surface area contributed by atoms with Gasteiger partial charge in [0, 0.05) is 22.2 Å². The zero-order valence-corrected chi connectivity index (χ0v) is 15.9. The first-order chi connectivity index (χ1) is 13.6. The molecule has 0 radical (unpaired) electrons. The molecule has 0 N–H and O–H groups in total. The van der Waals surface area contributed by atoms with Crippen LogP contribution in [0.5, 0.6) is 17.2 Å². The Morgan fingerprint density at radius 1 is 1.11 bits per heavy atom. The van der Waals surface area contributed by atoms with Crippen molar-refractivity contribution in [1.82, 2.24) is 0 Å². The Balaban J connectivity index is 1.66. The van der Waals surface area contributed by atoms with E-state index in [1.807, 2.05) is 12.1 Å². The second-order valence-corrected chi connectivity index (χ2v) is 6.56. The fraction of sp³-hybridized carbons (Fsp3) is 0.143. The summed E-state index contributed by atoms with van der Waals surface area (Å²) in [5, 5.41) is 0.611. The number of carbonyl (C=O) groups excluding carboxylic acids is 1. The molecule has 142 valence electrons. The lowest BCUT2D eigenvalue weighted by Crippen LogP contribution is -2.08. The molecule has 2 aromatic rings. The lowest BCUT2D eigenvalue weighted by Gasteiger charge is -2.16. The van der Waals surface area contributed by atoms with Gasteiger partial charge in [0.05, 0.1) is 14.2 Å². The topological polar surface area (TPSA) is 66.3 Å². The molecule has 2 heterocycles. The van der Waals surface area contributed by atoms with Gasteiger partial charge in [0.15, 0.2) is 5.70 Å². The number of nitrogens with zero attached hydrogens (tertiary/aromatic N) is 1. The summed E-state index contributed by atoms with van der Waals surface area (Å²) in [5.41, 5.74) is 2.41. The van der Waals surface area contributed by atoms with E-state index in [0.29, 0.717) is 28.7 Å². The summed E-state index contributed by atoms with van der Waals surface area (Å²) in [6, 6.07) is 10.6. The molecule has 2 aliphatic rings. The van der Waals surface area contributed by atoms with Crippen LogP contribution in [0.15, 0.2) is 58.7 Å². The molecule has 2 aromatic carbocycles. The molecule has 0 aromatic heterocycles. The van der Waals surface area contributed by atoms with Crippen LogP contribution < -0.4 is 14.2 Å². The molecule has 4 rings (SSSR count). The van der Waals surface area contributed by atoms with Gasteiger partial charge in [-0.15, -0.1) is 0 Å². The molecule has 2 aliphatic heterocycles. The molecule has 0 atom stereocenters. The van der Waals surface area contributed by atoms with Crippen molar-refractivity contribution in [3.63, 3.8) is 0 Å². The number of aliphatic imine (C=N–C) groups is 1. The van der Waals surface area contributed by atoms with Gasteiger partial charge in [-0.05, 0) is 48.1 Å². The second kappa shape index (κ2) is 7.40. The second-order valence-electron chi connectivity index (χ2n) is 6.13. The van der Waals surface area contributed by atoms with Crippen molar-refractivity contribution in [2.24, 2.45) is 4.99 Å². The standard InChI is InChI=1S/C21H16ClNO5/c1-25-16-8-14(9-17(10-16)26-2)20-23-18(21(24)28-20)6-12-5-13-7-15(22)3-4-19(13)27-11-12/h3-10H,11H2,1-2H3/b18-6-. The van der Waals surface area contributed by atoms with Crippen molar-refractivity contribution in [1.29, 1.82) is 0 Å². The lowest BCUT2D eigenvalue weighted by molar-refractivity contribution is -0.130. The number of hydrogen-bond acceptors (Lipinski definition) is 6. The smallest absolute Gasteiger partial charge is 0.363 e. The van der Waals surface area contributed by atoms with Gasteiger partial charge in [-0.2, -0.15) is 0 Å². The molecule has 6 nitrogen and oxygen atoms in total. The summed E-state index contributed by atoms with van der Waals surface area (Å²) in [6.45, 7) is 0.323. The monoisotopic (exact) mass is 397 g/mol. The van der Waals surface area contributed by atoms with Crippen molar-refractivity contribution >= 4 is 29.5 Å². The Morgan fingerprint density at radius 3 is 2.57 bits per heavy atom. The zero-order valence-electron chi connectivity index (χ0n) is 15.2. The van der Waals surface area contributed by atoms with E-state index >= 15 is 0 Å². The van der Waals surface area contributed by atoms with Gasteiger partial charge in [0.1, 0.15) is 23.9 Å². The van der Waals surface area contributed by atoms with Crippen LogP contribution in [0.4, 0.5) is 0 Å². The fourth-order valence-corrected chi connectivity index (χ4v) is 3.07. The van der Waals surface area contributed by atoms with Crippen LogP contribution in [-0.2, 0) is 9.53 Å². The third-order valence-electron chi connectivity index (χ3n) is 4.25. The first-order valence-electron chi connectivity index (χ1n) is 8.44. The Kier molecular flexibility index (Phi) is 4.79. The van der Waals surface area contributed by atoms with Crippen LogP contribution in [0.25, 0.3) is 6.08 Å². The van der Waals surface area contributed by atoms with Gasteiger partial charge >= 0.3 is 5.97 Å². The van der Waals surface area contributed by atoms with Crippen molar-refractivity contribution in [2.75, 3.05) is 20.8 Å². The van der Waals surface area contributed by atoms with Gasteiger partial charge in [0.2, 0.25) is 5.90 Å². The van der Waals surface area contributed by atoms with E-state index in [0.717, 1.165) is 16.9 Å². The van der Waals surface area contributed by atoms with Crippen molar-refractivity contribution < 1.29 is 23.7 Å². The number of fused-ring (bicyclic) bond motifs is 1. The van der Waals surface area contributed by atoms with Crippen molar-refractivity contribution in [3.05, 3.63) is 69.9 Å². The average Bonchev–Trinajstić information content (AvgIpc) is 3.07. The van der Waals surface area contributed by atoms with Crippen LogP contribution in [0, 0.1) is 0 Å². The minimum atomic E-state index is -0.533. The molecule has 7 heteroatoms.